The number of nitrogens with zero attached hydrogens (tertiary/aromatic N) is 3. The molecule has 0 aliphatic carbocycles. The van der Waals surface area contributed by atoms with Crippen LogP contribution in [0.2, 0.25) is 5.02 Å². The van der Waals surface area contributed by atoms with E-state index in [9.17, 15) is 4.79 Å². The topological polar surface area (TPSA) is 38.1 Å². The Labute approximate surface area is 113 Å². The van der Waals surface area contributed by atoms with E-state index in [0.29, 0.717) is 11.6 Å². The first-order chi connectivity index (χ1) is 8.56. The van der Waals surface area contributed by atoms with Gasteiger partial charge in [0.15, 0.2) is 0 Å². The number of amides is 1. The zero-order chi connectivity index (χ0) is 13.1. The fourth-order valence-corrected chi connectivity index (χ4v) is 2.49. The Morgan fingerprint density at radius 3 is 2.78 bits per heavy atom. The highest BCUT2D eigenvalue weighted by molar-refractivity contribution is 6.30. The molecule has 1 saturated heterocycles. The fraction of sp³-hybridized carbons (Fsp3) is 0.692. The minimum atomic E-state index is -0.0469. The van der Waals surface area contributed by atoms with Crippen LogP contribution in [-0.2, 0) is 11.3 Å². The normalized spacial score (nSPS) is 18.9. The number of hydrogen-bond donors (Lipinski definition) is 0. The summed E-state index contributed by atoms with van der Waals surface area (Å²) in [5, 5.41) is 4.72. The average Bonchev–Trinajstić information content (AvgIpc) is 2.75. The molecule has 1 fully saturated rings. The number of aromatic nitrogens is 2. The number of rotatable bonds is 3. The van der Waals surface area contributed by atoms with Gasteiger partial charge < -0.3 is 4.90 Å². The van der Waals surface area contributed by atoms with Crippen LogP contribution in [-0.4, -0.2) is 33.7 Å². The summed E-state index contributed by atoms with van der Waals surface area (Å²) < 4.78 is 1.73. The molecule has 0 N–H and O–H groups in total. The van der Waals surface area contributed by atoms with E-state index >= 15 is 0 Å². The highest BCUT2D eigenvalue weighted by Crippen LogP contribution is 2.18. The van der Waals surface area contributed by atoms with Crippen LogP contribution >= 0.6 is 11.6 Å². The molecule has 1 aromatic rings. The Morgan fingerprint density at radius 2 is 2.22 bits per heavy atom. The van der Waals surface area contributed by atoms with Crippen LogP contribution < -0.4 is 0 Å². The summed E-state index contributed by atoms with van der Waals surface area (Å²) in [4.78, 5) is 14.2. The molecule has 2 heterocycles. The van der Waals surface area contributed by atoms with Crippen molar-refractivity contribution in [1.29, 1.82) is 0 Å². The van der Waals surface area contributed by atoms with Crippen molar-refractivity contribution in [3.63, 3.8) is 0 Å². The summed E-state index contributed by atoms with van der Waals surface area (Å²) in [6.45, 7) is 6.58. The summed E-state index contributed by atoms with van der Waals surface area (Å²) in [6.07, 6.45) is 5.59. The maximum absolute atomic E-state index is 12.3. The van der Waals surface area contributed by atoms with E-state index in [1.54, 1.807) is 17.1 Å². The molecule has 18 heavy (non-hydrogen) atoms. The van der Waals surface area contributed by atoms with Crippen molar-refractivity contribution in [3.8, 4) is 0 Å². The van der Waals surface area contributed by atoms with Crippen LogP contribution in [0.4, 0.5) is 0 Å². The number of halogens is 1. The van der Waals surface area contributed by atoms with Crippen LogP contribution in [0.3, 0.4) is 0 Å². The lowest BCUT2D eigenvalue weighted by Crippen LogP contribution is -2.41. The van der Waals surface area contributed by atoms with Crippen LogP contribution in [0.15, 0.2) is 12.4 Å². The van der Waals surface area contributed by atoms with Crippen LogP contribution in [0.5, 0.6) is 0 Å². The van der Waals surface area contributed by atoms with Crippen molar-refractivity contribution in [2.75, 3.05) is 13.1 Å². The summed E-state index contributed by atoms with van der Waals surface area (Å²) in [5.74, 6) is 0.928. The molecule has 2 rings (SSSR count). The molecule has 100 valence electrons. The SMILES string of the molecule is CC1CCN(C(=O)[C@@H](C)Cn2cc(Cl)cn2)CC1. The number of piperidine rings is 1. The van der Waals surface area contributed by atoms with E-state index in [0.717, 1.165) is 31.8 Å². The van der Waals surface area contributed by atoms with E-state index in [2.05, 4.69) is 12.0 Å². The Bertz CT molecular complexity index is 410. The van der Waals surface area contributed by atoms with Gasteiger partial charge in [0, 0.05) is 19.3 Å². The lowest BCUT2D eigenvalue weighted by molar-refractivity contribution is -0.136. The first kappa shape index (κ1) is 13.4. The molecule has 0 aromatic carbocycles. The Kier molecular flexibility index (Phi) is 4.27. The minimum Gasteiger partial charge on any atom is -0.342 e. The molecule has 5 heteroatoms. The standard InChI is InChI=1S/C13H20ClN3O/c1-10-3-5-16(6-4-10)13(18)11(2)8-17-9-12(14)7-15-17/h7,9-11H,3-6,8H2,1-2H3/t11-/m0/s1. The predicted molar refractivity (Wildman–Crippen MR) is 71.4 cm³/mol. The smallest absolute Gasteiger partial charge is 0.227 e. The quantitative estimate of drug-likeness (QED) is 0.845. The molecule has 1 aliphatic rings. The summed E-state index contributed by atoms with van der Waals surface area (Å²) in [6, 6.07) is 0. The van der Waals surface area contributed by atoms with Gasteiger partial charge in [-0.3, -0.25) is 9.48 Å². The van der Waals surface area contributed by atoms with Crippen LogP contribution in [0.1, 0.15) is 26.7 Å². The third kappa shape index (κ3) is 3.25. The molecule has 1 atom stereocenters. The predicted octanol–water partition coefficient (Wildman–Crippen LogP) is 2.43. The molecular formula is C13H20ClN3O. The molecule has 0 radical (unpaired) electrons. The second-order valence-corrected chi connectivity index (χ2v) is 5.73. The maximum Gasteiger partial charge on any atom is 0.227 e. The Balaban J connectivity index is 1.88. The third-order valence-electron chi connectivity index (χ3n) is 3.58. The van der Waals surface area contributed by atoms with Gasteiger partial charge in [0.2, 0.25) is 5.91 Å². The zero-order valence-electron chi connectivity index (χ0n) is 11.0. The van der Waals surface area contributed by atoms with Gasteiger partial charge in [0.05, 0.1) is 23.7 Å². The number of carbonyl (C=O) groups excluding carboxylic acids is 1. The second kappa shape index (κ2) is 5.74. The lowest BCUT2D eigenvalue weighted by Gasteiger charge is -2.32. The molecular weight excluding hydrogens is 250 g/mol. The van der Waals surface area contributed by atoms with Crippen molar-refractivity contribution in [1.82, 2.24) is 14.7 Å². The minimum absolute atomic E-state index is 0.0469. The van der Waals surface area contributed by atoms with E-state index in [1.807, 2.05) is 11.8 Å². The third-order valence-corrected chi connectivity index (χ3v) is 3.77. The van der Waals surface area contributed by atoms with Gasteiger partial charge in [-0.2, -0.15) is 5.10 Å². The fourth-order valence-electron chi connectivity index (χ4n) is 2.34. The Hall–Kier alpha value is -1.03. The number of hydrogen-bond acceptors (Lipinski definition) is 2. The zero-order valence-corrected chi connectivity index (χ0v) is 11.7. The van der Waals surface area contributed by atoms with Gasteiger partial charge in [-0.15, -0.1) is 0 Å². The molecule has 0 bridgehead atoms. The molecule has 0 spiro atoms. The van der Waals surface area contributed by atoms with E-state index in [-0.39, 0.29) is 11.8 Å². The maximum atomic E-state index is 12.3. The van der Waals surface area contributed by atoms with Crippen LogP contribution in [0.25, 0.3) is 0 Å². The Morgan fingerprint density at radius 1 is 1.56 bits per heavy atom. The van der Waals surface area contributed by atoms with Crippen molar-refractivity contribution < 1.29 is 4.79 Å². The summed E-state index contributed by atoms with van der Waals surface area (Å²) >= 11 is 5.81. The van der Waals surface area contributed by atoms with Crippen molar-refractivity contribution in [2.24, 2.45) is 11.8 Å². The van der Waals surface area contributed by atoms with Gasteiger partial charge >= 0.3 is 0 Å². The average molecular weight is 270 g/mol. The van der Waals surface area contributed by atoms with E-state index in [4.69, 9.17) is 11.6 Å². The van der Waals surface area contributed by atoms with Gasteiger partial charge in [-0.1, -0.05) is 25.4 Å². The molecule has 4 nitrogen and oxygen atoms in total. The van der Waals surface area contributed by atoms with E-state index < -0.39 is 0 Å². The van der Waals surface area contributed by atoms with Crippen molar-refractivity contribution in [3.05, 3.63) is 17.4 Å². The molecule has 0 unspecified atom stereocenters. The van der Waals surface area contributed by atoms with Crippen molar-refractivity contribution >= 4 is 17.5 Å². The first-order valence-electron chi connectivity index (χ1n) is 6.53. The van der Waals surface area contributed by atoms with E-state index in [1.165, 1.54) is 0 Å². The second-order valence-electron chi connectivity index (χ2n) is 5.29. The van der Waals surface area contributed by atoms with Gasteiger partial charge in [0.25, 0.3) is 0 Å². The van der Waals surface area contributed by atoms with Crippen molar-refractivity contribution in [2.45, 2.75) is 33.2 Å². The van der Waals surface area contributed by atoms with Gasteiger partial charge in [0.1, 0.15) is 0 Å². The lowest BCUT2D eigenvalue weighted by atomic mass is 9.98. The molecule has 1 aromatic heterocycles. The largest absolute Gasteiger partial charge is 0.342 e. The van der Waals surface area contributed by atoms with Gasteiger partial charge in [-0.25, -0.2) is 0 Å². The van der Waals surface area contributed by atoms with Gasteiger partial charge in [-0.05, 0) is 18.8 Å². The highest BCUT2D eigenvalue weighted by atomic mass is 35.5. The monoisotopic (exact) mass is 269 g/mol. The molecule has 1 amide bonds. The number of likely N-dealkylation sites (tertiary alicyclic amines) is 1. The number of carbonyl (C=O) groups is 1. The molecule has 0 saturated carbocycles. The first-order valence-corrected chi connectivity index (χ1v) is 6.91. The molecule has 1 aliphatic heterocycles. The highest BCUT2D eigenvalue weighted by Gasteiger charge is 2.24. The van der Waals surface area contributed by atoms with Crippen LogP contribution in [0, 0.1) is 11.8 Å². The summed E-state index contributed by atoms with van der Waals surface area (Å²) in [5.41, 5.74) is 0. The summed E-state index contributed by atoms with van der Waals surface area (Å²) in [7, 11) is 0.